The molecule has 2 aliphatic carbocycles. The van der Waals surface area contributed by atoms with Crippen LogP contribution in [0.15, 0.2) is 24.3 Å². The minimum atomic E-state index is 0.458. The highest BCUT2D eigenvalue weighted by Crippen LogP contribution is 2.45. The van der Waals surface area contributed by atoms with E-state index in [0.29, 0.717) is 5.41 Å². The lowest BCUT2D eigenvalue weighted by Crippen LogP contribution is -2.52. The van der Waals surface area contributed by atoms with Gasteiger partial charge in [0.15, 0.2) is 0 Å². The van der Waals surface area contributed by atoms with Gasteiger partial charge in [0.1, 0.15) is 0 Å². The van der Waals surface area contributed by atoms with Gasteiger partial charge in [-0.05, 0) is 61.1 Å². The molecule has 2 bridgehead atoms. The van der Waals surface area contributed by atoms with Crippen LogP contribution in [-0.4, -0.2) is 24.0 Å². The minimum absolute atomic E-state index is 0.458. The monoisotopic (exact) mass is 241 g/mol. The van der Waals surface area contributed by atoms with Gasteiger partial charge in [-0.1, -0.05) is 31.2 Å². The van der Waals surface area contributed by atoms with Crippen LogP contribution in [0.5, 0.6) is 0 Å². The number of likely N-dealkylation sites (tertiary alicyclic amines) is 1. The van der Waals surface area contributed by atoms with E-state index in [2.05, 4.69) is 36.1 Å². The number of fused-ring (bicyclic) bond motifs is 4. The highest BCUT2D eigenvalue weighted by molar-refractivity contribution is 5.38. The van der Waals surface area contributed by atoms with Gasteiger partial charge in [-0.3, -0.25) is 4.90 Å². The number of hydrogen-bond acceptors (Lipinski definition) is 1. The highest BCUT2D eigenvalue weighted by Gasteiger charge is 2.43. The fraction of sp³-hybridized carbons (Fsp3) is 0.647. The number of piperidine rings is 1. The van der Waals surface area contributed by atoms with Crippen LogP contribution in [0.3, 0.4) is 0 Å². The van der Waals surface area contributed by atoms with Crippen molar-refractivity contribution >= 4 is 0 Å². The maximum atomic E-state index is 2.80. The molecule has 1 saturated heterocycles. The van der Waals surface area contributed by atoms with Crippen molar-refractivity contribution in [2.45, 2.75) is 50.5 Å². The third-order valence-corrected chi connectivity index (χ3v) is 5.47. The van der Waals surface area contributed by atoms with Gasteiger partial charge >= 0.3 is 0 Å². The standard InChI is InChI=1S/C17H23N/c1-17-8-9-18(12-13-6-7-13)15(11-17)10-14-4-2-3-5-16(14)17/h2-5,13,15H,6-12H2,1H3. The molecule has 1 aromatic rings. The summed E-state index contributed by atoms with van der Waals surface area (Å²) in [6.07, 6.45) is 7.00. The van der Waals surface area contributed by atoms with Gasteiger partial charge in [-0.25, -0.2) is 0 Å². The van der Waals surface area contributed by atoms with Gasteiger partial charge < -0.3 is 0 Å². The van der Waals surface area contributed by atoms with Crippen LogP contribution >= 0.6 is 0 Å². The van der Waals surface area contributed by atoms with Crippen LogP contribution in [0, 0.1) is 5.92 Å². The zero-order chi connectivity index (χ0) is 12.2. The van der Waals surface area contributed by atoms with Crippen molar-refractivity contribution in [3.63, 3.8) is 0 Å². The van der Waals surface area contributed by atoms with E-state index < -0.39 is 0 Å². The highest BCUT2D eigenvalue weighted by atomic mass is 15.2. The van der Waals surface area contributed by atoms with Crippen molar-refractivity contribution in [2.75, 3.05) is 13.1 Å². The number of nitrogens with zero attached hydrogens (tertiary/aromatic N) is 1. The first-order valence-electron chi connectivity index (χ1n) is 7.57. The lowest BCUT2D eigenvalue weighted by atomic mass is 9.65. The maximum absolute atomic E-state index is 2.80. The van der Waals surface area contributed by atoms with Crippen LogP contribution in [0.1, 0.15) is 43.7 Å². The Morgan fingerprint density at radius 3 is 2.94 bits per heavy atom. The molecule has 0 N–H and O–H groups in total. The molecule has 2 atom stereocenters. The van der Waals surface area contributed by atoms with Crippen molar-refractivity contribution in [1.82, 2.24) is 4.90 Å². The lowest BCUT2D eigenvalue weighted by Gasteiger charge is -2.50. The lowest BCUT2D eigenvalue weighted by molar-refractivity contribution is 0.0832. The smallest absolute Gasteiger partial charge is 0.0144 e. The van der Waals surface area contributed by atoms with Crippen LogP contribution < -0.4 is 0 Å². The van der Waals surface area contributed by atoms with Crippen LogP contribution in [0.4, 0.5) is 0 Å². The van der Waals surface area contributed by atoms with Gasteiger partial charge in [-0.2, -0.15) is 0 Å². The molecule has 1 heterocycles. The molecule has 18 heavy (non-hydrogen) atoms. The molecule has 1 saturated carbocycles. The number of benzene rings is 1. The van der Waals surface area contributed by atoms with Crippen LogP contribution in [-0.2, 0) is 11.8 Å². The molecule has 1 aliphatic heterocycles. The Balaban J connectivity index is 1.65. The molecular weight excluding hydrogens is 218 g/mol. The van der Waals surface area contributed by atoms with Crippen molar-refractivity contribution < 1.29 is 0 Å². The van der Waals surface area contributed by atoms with E-state index in [0.717, 1.165) is 12.0 Å². The number of rotatable bonds is 2. The normalized spacial score (nSPS) is 35.3. The molecular formula is C17H23N. The summed E-state index contributed by atoms with van der Waals surface area (Å²) < 4.78 is 0. The molecule has 0 radical (unpaired) electrons. The summed E-state index contributed by atoms with van der Waals surface area (Å²) in [5, 5.41) is 0. The van der Waals surface area contributed by atoms with E-state index >= 15 is 0 Å². The van der Waals surface area contributed by atoms with Gasteiger partial charge in [0.05, 0.1) is 0 Å². The number of hydrogen-bond donors (Lipinski definition) is 0. The van der Waals surface area contributed by atoms with E-state index in [1.54, 1.807) is 11.1 Å². The maximum Gasteiger partial charge on any atom is 0.0144 e. The molecule has 2 fully saturated rings. The quantitative estimate of drug-likeness (QED) is 0.767. The summed E-state index contributed by atoms with van der Waals surface area (Å²) in [4.78, 5) is 2.80. The topological polar surface area (TPSA) is 3.24 Å². The molecule has 0 aromatic heterocycles. The molecule has 1 nitrogen and oxygen atoms in total. The van der Waals surface area contributed by atoms with Crippen molar-refractivity contribution in [3.05, 3.63) is 35.4 Å². The average Bonchev–Trinajstić information content (AvgIpc) is 3.17. The Bertz CT molecular complexity index is 462. The van der Waals surface area contributed by atoms with Gasteiger partial charge in [0, 0.05) is 12.6 Å². The first kappa shape index (κ1) is 11.0. The fourth-order valence-electron chi connectivity index (χ4n) is 4.18. The third kappa shape index (κ3) is 1.72. The zero-order valence-corrected chi connectivity index (χ0v) is 11.4. The Morgan fingerprint density at radius 2 is 2.11 bits per heavy atom. The fourth-order valence-corrected chi connectivity index (χ4v) is 4.18. The molecule has 4 rings (SSSR count). The van der Waals surface area contributed by atoms with Crippen molar-refractivity contribution in [3.8, 4) is 0 Å². The summed E-state index contributed by atoms with van der Waals surface area (Å²) >= 11 is 0. The second-order valence-electron chi connectivity index (χ2n) is 6.97. The van der Waals surface area contributed by atoms with Gasteiger partial charge in [0.2, 0.25) is 0 Å². The van der Waals surface area contributed by atoms with Gasteiger partial charge in [0.25, 0.3) is 0 Å². The van der Waals surface area contributed by atoms with Crippen molar-refractivity contribution in [2.24, 2.45) is 5.92 Å². The zero-order valence-electron chi connectivity index (χ0n) is 11.4. The third-order valence-electron chi connectivity index (χ3n) is 5.47. The van der Waals surface area contributed by atoms with Crippen molar-refractivity contribution in [1.29, 1.82) is 0 Å². The summed E-state index contributed by atoms with van der Waals surface area (Å²) in [5.74, 6) is 1.03. The van der Waals surface area contributed by atoms with E-state index in [9.17, 15) is 0 Å². The summed E-state index contributed by atoms with van der Waals surface area (Å²) in [7, 11) is 0. The Kier molecular flexibility index (Phi) is 2.35. The molecule has 0 spiro atoms. The second-order valence-corrected chi connectivity index (χ2v) is 6.97. The van der Waals surface area contributed by atoms with E-state index in [1.165, 1.54) is 45.2 Å². The molecule has 1 heteroatoms. The van der Waals surface area contributed by atoms with Crippen LogP contribution in [0.2, 0.25) is 0 Å². The molecule has 1 aromatic carbocycles. The largest absolute Gasteiger partial charge is 0.300 e. The SMILES string of the molecule is CC12CCN(CC3CC3)C(Cc3ccccc31)C2. The molecule has 96 valence electrons. The van der Waals surface area contributed by atoms with E-state index in [4.69, 9.17) is 0 Å². The Morgan fingerprint density at radius 1 is 1.28 bits per heavy atom. The summed E-state index contributed by atoms with van der Waals surface area (Å²) in [5.41, 5.74) is 3.73. The molecule has 0 amide bonds. The Labute approximate surface area is 110 Å². The summed E-state index contributed by atoms with van der Waals surface area (Å²) in [6, 6.07) is 10.00. The minimum Gasteiger partial charge on any atom is -0.300 e. The second kappa shape index (κ2) is 3.84. The predicted octanol–water partition coefficient (Wildman–Crippen LogP) is 3.37. The van der Waals surface area contributed by atoms with Gasteiger partial charge in [-0.15, -0.1) is 0 Å². The summed E-state index contributed by atoms with van der Waals surface area (Å²) in [6.45, 7) is 5.20. The first-order valence-corrected chi connectivity index (χ1v) is 7.57. The molecule has 3 aliphatic rings. The Hall–Kier alpha value is -0.820. The predicted molar refractivity (Wildman–Crippen MR) is 74.8 cm³/mol. The molecule has 2 unspecified atom stereocenters. The van der Waals surface area contributed by atoms with Crippen LogP contribution in [0.25, 0.3) is 0 Å². The first-order chi connectivity index (χ1) is 8.74. The average molecular weight is 241 g/mol. The van der Waals surface area contributed by atoms with E-state index in [1.807, 2.05) is 0 Å². The van der Waals surface area contributed by atoms with E-state index in [-0.39, 0.29) is 0 Å².